The van der Waals surface area contributed by atoms with Crippen LogP contribution in [0, 0.1) is 0 Å². The lowest BCUT2D eigenvalue weighted by Crippen LogP contribution is -2.20. The minimum atomic E-state index is -0.416. The van der Waals surface area contributed by atoms with Crippen LogP contribution in [-0.4, -0.2) is 39.4 Å². The van der Waals surface area contributed by atoms with Crippen LogP contribution in [0.3, 0.4) is 0 Å². The van der Waals surface area contributed by atoms with Crippen LogP contribution in [0.4, 0.5) is 10.3 Å². The van der Waals surface area contributed by atoms with Crippen molar-refractivity contribution >= 4 is 79.7 Å². The Morgan fingerprint density at radius 1 is 1.14 bits per heavy atom. The van der Waals surface area contributed by atoms with E-state index >= 15 is 0 Å². The number of carbonyl (C=O) groups excluding carboxylic acids is 2. The van der Waals surface area contributed by atoms with Gasteiger partial charge in [-0.25, -0.2) is 4.98 Å². The Morgan fingerprint density at radius 3 is 2.71 bits per heavy atom. The molecule has 3 aromatic rings. The van der Waals surface area contributed by atoms with Crippen LogP contribution in [0.25, 0.3) is 0 Å². The van der Waals surface area contributed by atoms with E-state index in [1.165, 1.54) is 29.2 Å². The summed E-state index contributed by atoms with van der Waals surface area (Å²) in [5.74, 6) is -0.115. The molecule has 28 heavy (non-hydrogen) atoms. The number of thioether (sulfide) groups is 1. The zero-order valence-corrected chi connectivity index (χ0v) is 17.8. The van der Waals surface area contributed by atoms with E-state index in [0.717, 1.165) is 11.3 Å². The number of ether oxygens (including phenoxy) is 1. The molecular formula is C15H11Cl2N5O3S3. The van der Waals surface area contributed by atoms with E-state index in [1.807, 2.05) is 0 Å². The van der Waals surface area contributed by atoms with Crippen molar-refractivity contribution in [2.75, 3.05) is 23.0 Å². The summed E-state index contributed by atoms with van der Waals surface area (Å²) in [5.41, 5.74) is 0. The third-order valence-electron chi connectivity index (χ3n) is 2.91. The lowest BCUT2D eigenvalue weighted by Gasteiger charge is -2.07. The van der Waals surface area contributed by atoms with Gasteiger partial charge in [0, 0.05) is 16.6 Å². The topological polar surface area (TPSA) is 106 Å². The van der Waals surface area contributed by atoms with Crippen molar-refractivity contribution in [3.63, 3.8) is 0 Å². The average Bonchev–Trinajstić information content (AvgIpc) is 3.31. The normalized spacial score (nSPS) is 10.5. The fourth-order valence-electron chi connectivity index (χ4n) is 1.78. The zero-order valence-electron chi connectivity index (χ0n) is 13.8. The number of rotatable bonds is 8. The molecule has 0 radical (unpaired) electrons. The summed E-state index contributed by atoms with van der Waals surface area (Å²) in [4.78, 5) is 27.8. The molecule has 0 aliphatic heterocycles. The molecule has 8 nitrogen and oxygen atoms in total. The molecule has 3 rings (SSSR count). The van der Waals surface area contributed by atoms with Gasteiger partial charge in [0.05, 0.1) is 10.8 Å². The maximum absolute atomic E-state index is 12.0. The van der Waals surface area contributed by atoms with E-state index in [4.69, 9.17) is 27.9 Å². The first kappa shape index (κ1) is 20.8. The van der Waals surface area contributed by atoms with E-state index in [2.05, 4.69) is 25.8 Å². The van der Waals surface area contributed by atoms with E-state index in [0.29, 0.717) is 30.4 Å². The summed E-state index contributed by atoms with van der Waals surface area (Å²) in [6.45, 7) is -0.250. The molecule has 0 fully saturated rings. The molecule has 2 heterocycles. The molecular weight excluding hydrogens is 465 g/mol. The molecule has 0 bridgehead atoms. The first-order valence-electron chi connectivity index (χ1n) is 7.53. The molecule has 0 spiro atoms. The predicted molar refractivity (Wildman–Crippen MR) is 112 cm³/mol. The lowest BCUT2D eigenvalue weighted by molar-refractivity contribution is -0.118. The van der Waals surface area contributed by atoms with E-state index in [1.54, 1.807) is 23.7 Å². The number of benzene rings is 1. The molecule has 2 N–H and O–H groups in total. The van der Waals surface area contributed by atoms with Gasteiger partial charge in [0.15, 0.2) is 16.1 Å². The molecule has 146 valence electrons. The average molecular weight is 476 g/mol. The van der Waals surface area contributed by atoms with Gasteiger partial charge in [-0.1, -0.05) is 46.3 Å². The van der Waals surface area contributed by atoms with Gasteiger partial charge in [-0.3, -0.25) is 14.9 Å². The highest BCUT2D eigenvalue weighted by molar-refractivity contribution is 8.01. The molecule has 13 heteroatoms. The molecule has 0 aliphatic rings. The second-order valence-corrected chi connectivity index (χ2v) is 8.90. The Labute approximate surface area is 181 Å². The van der Waals surface area contributed by atoms with Crippen LogP contribution < -0.4 is 15.4 Å². The molecule has 0 aliphatic carbocycles. The number of nitrogens with zero attached hydrogens (tertiary/aromatic N) is 3. The monoisotopic (exact) mass is 475 g/mol. The van der Waals surface area contributed by atoms with Crippen molar-refractivity contribution in [2.45, 2.75) is 4.34 Å². The summed E-state index contributed by atoms with van der Waals surface area (Å²) in [6.07, 6.45) is 1.61. The largest absolute Gasteiger partial charge is 0.482 e. The predicted octanol–water partition coefficient (Wildman–Crippen LogP) is 4.05. The molecule has 0 saturated carbocycles. The number of halogens is 2. The highest BCUT2D eigenvalue weighted by Crippen LogP contribution is 2.28. The van der Waals surface area contributed by atoms with E-state index < -0.39 is 5.91 Å². The van der Waals surface area contributed by atoms with Crippen molar-refractivity contribution in [2.24, 2.45) is 0 Å². The first-order valence-corrected chi connectivity index (χ1v) is 11.0. The summed E-state index contributed by atoms with van der Waals surface area (Å²) < 4.78 is 5.90. The number of nitrogens with one attached hydrogen (secondary N) is 2. The number of hydrogen-bond acceptors (Lipinski definition) is 9. The molecule has 0 unspecified atom stereocenters. The van der Waals surface area contributed by atoms with E-state index in [-0.39, 0.29) is 18.3 Å². The number of amides is 2. The van der Waals surface area contributed by atoms with Crippen LogP contribution in [0.15, 0.2) is 34.1 Å². The summed E-state index contributed by atoms with van der Waals surface area (Å²) in [5, 5.41) is 16.4. The fraction of sp³-hybridized carbons (Fsp3) is 0.133. The molecule has 1 aromatic carbocycles. The van der Waals surface area contributed by atoms with Crippen LogP contribution in [0.5, 0.6) is 5.75 Å². The van der Waals surface area contributed by atoms with Gasteiger partial charge in [-0.2, -0.15) is 0 Å². The first-order chi connectivity index (χ1) is 13.5. The number of anilines is 2. The Morgan fingerprint density at radius 2 is 1.96 bits per heavy atom. The smallest absolute Gasteiger partial charge is 0.264 e. The maximum Gasteiger partial charge on any atom is 0.264 e. The number of hydrogen-bond donors (Lipinski definition) is 2. The third kappa shape index (κ3) is 6.31. The second kappa shape index (κ2) is 10.0. The Hall–Kier alpha value is -1.92. The number of carbonyl (C=O) groups is 2. The van der Waals surface area contributed by atoms with Gasteiger partial charge in [-0.15, -0.1) is 21.5 Å². The highest BCUT2D eigenvalue weighted by Gasteiger charge is 2.12. The Balaban J connectivity index is 1.43. The van der Waals surface area contributed by atoms with Gasteiger partial charge in [0.1, 0.15) is 5.75 Å². The standard InChI is InChI=1S/C15H11Cl2N5O3S3/c16-8-1-2-10(9(17)5-8)25-6-11(23)19-14-21-22-15(28-14)27-7-12(24)20-13-18-3-4-26-13/h1-5H,6-7H2,(H,18,20,24)(H,19,21,23). The molecule has 0 saturated heterocycles. The minimum Gasteiger partial charge on any atom is -0.482 e. The van der Waals surface area contributed by atoms with E-state index in [9.17, 15) is 9.59 Å². The van der Waals surface area contributed by atoms with Crippen molar-refractivity contribution in [1.82, 2.24) is 15.2 Å². The molecule has 2 aromatic heterocycles. The Bertz CT molecular complexity index is 968. The second-order valence-electron chi connectivity index (χ2n) is 4.96. The molecule has 2 amide bonds. The van der Waals surface area contributed by atoms with Gasteiger partial charge in [0.25, 0.3) is 5.91 Å². The summed E-state index contributed by atoms with van der Waals surface area (Å²) in [6, 6.07) is 4.71. The van der Waals surface area contributed by atoms with Crippen LogP contribution in [0.1, 0.15) is 0 Å². The van der Waals surface area contributed by atoms with Crippen molar-refractivity contribution in [3.8, 4) is 5.75 Å². The van der Waals surface area contributed by atoms with Crippen molar-refractivity contribution in [1.29, 1.82) is 0 Å². The van der Waals surface area contributed by atoms with Gasteiger partial charge >= 0.3 is 0 Å². The lowest BCUT2D eigenvalue weighted by atomic mass is 10.3. The maximum atomic E-state index is 12.0. The SMILES string of the molecule is O=C(CSc1nnc(NC(=O)COc2ccc(Cl)cc2Cl)s1)Nc1nccs1. The van der Waals surface area contributed by atoms with Crippen LogP contribution >= 0.6 is 57.6 Å². The molecule has 0 atom stereocenters. The number of thiazole rings is 1. The quantitative estimate of drug-likeness (QED) is 0.373. The Kier molecular flexibility index (Phi) is 7.45. The number of aromatic nitrogens is 3. The van der Waals surface area contributed by atoms with Gasteiger partial charge in [0.2, 0.25) is 11.0 Å². The minimum absolute atomic E-state index is 0.153. The summed E-state index contributed by atoms with van der Waals surface area (Å²) in [7, 11) is 0. The van der Waals surface area contributed by atoms with Crippen molar-refractivity contribution < 1.29 is 14.3 Å². The fourth-order valence-corrected chi connectivity index (χ4v) is 4.35. The third-order valence-corrected chi connectivity index (χ3v) is 6.10. The summed E-state index contributed by atoms with van der Waals surface area (Å²) >= 11 is 15.5. The van der Waals surface area contributed by atoms with Gasteiger partial charge < -0.3 is 10.1 Å². The van der Waals surface area contributed by atoms with Gasteiger partial charge in [-0.05, 0) is 18.2 Å². The van der Waals surface area contributed by atoms with Crippen LogP contribution in [-0.2, 0) is 9.59 Å². The zero-order chi connectivity index (χ0) is 19.9. The highest BCUT2D eigenvalue weighted by atomic mass is 35.5. The van der Waals surface area contributed by atoms with Crippen molar-refractivity contribution in [3.05, 3.63) is 39.8 Å². The van der Waals surface area contributed by atoms with Crippen LogP contribution in [0.2, 0.25) is 10.0 Å².